The highest BCUT2D eigenvalue weighted by atomic mass is 19.4. The number of benzene rings is 1. The number of hydrogen-bond acceptors (Lipinski definition) is 1. The Kier molecular flexibility index (Phi) is 4.99. The van der Waals surface area contributed by atoms with Crippen molar-refractivity contribution in [2.24, 2.45) is 0 Å². The van der Waals surface area contributed by atoms with Crippen LogP contribution in [0.4, 0.5) is 13.2 Å². The number of likely N-dealkylation sites (N-methyl/N-ethyl adjacent to an activating group) is 1. The number of hydrogen-bond donors (Lipinski definition) is 0. The summed E-state index contributed by atoms with van der Waals surface area (Å²) in [7, 11) is 0. The summed E-state index contributed by atoms with van der Waals surface area (Å²) in [6.45, 7) is 2.47. The second-order valence-corrected chi connectivity index (χ2v) is 3.98. The van der Waals surface area contributed by atoms with E-state index in [0.29, 0.717) is 12.1 Å². The molecule has 0 aromatic heterocycles. The third kappa shape index (κ3) is 4.32. The van der Waals surface area contributed by atoms with Crippen LogP contribution in [0.25, 0.3) is 0 Å². The normalized spacial score (nSPS) is 10.9. The molecule has 0 N–H and O–H groups in total. The molecule has 19 heavy (non-hydrogen) atoms. The van der Waals surface area contributed by atoms with Gasteiger partial charge in [-0.3, -0.25) is 4.79 Å². The van der Waals surface area contributed by atoms with Crippen molar-refractivity contribution < 1.29 is 18.0 Å². The highest BCUT2D eigenvalue weighted by Crippen LogP contribution is 2.29. The minimum Gasteiger partial charge on any atom is -0.332 e. The monoisotopic (exact) mass is 269 g/mol. The Morgan fingerprint density at radius 3 is 2.32 bits per heavy atom. The average Bonchev–Trinajstić information content (AvgIpc) is 2.35. The summed E-state index contributed by atoms with van der Waals surface area (Å²) in [5.74, 6) is 2.18. The molecule has 1 aromatic rings. The van der Waals surface area contributed by atoms with Gasteiger partial charge in [0.25, 0.3) is 0 Å². The molecule has 1 amide bonds. The summed E-state index contributed by atoms with van der Waals surface area (Å²) in [5.41, 5.74) is -0.187. The van der Waals surface area contributed by atoms with E-state index in [1.165, 1.54) is 17.0 Å². The number of terminal acetylenes is 1. The fourth-order valence-corrected chi connectivity index (χ4v) is 1.58. The largest absolute Gasteiger partial charge is 0.416 e. The summed E-state index contributed by atoms with van der Waals surface area (Å²) >= 11 is 0. The fourth-order valence-electron chi connectivity index (χ4n) is 1.58. The molecular formula is C14H14F3NO. The average molecular weight is 269 g/mol. The summed E-state index contributed by atoms with van der Waals surface area (Å²) in [5, 5.41) is 0. The van der Waals surface area contributed by atoms with Gasteiger partial charge in [-0.2, -0.15) is 13.2 Å². The van der Waals surface area contributed by atoms with E-state index in [4.69, 9.17) is 6.42 Å². The third-order valence-electron chi connectivity index (χ3n) is 2.65. The molecule has 0 atom stereocenters. The summed E-state index contributed by atoms with van der Waals surface area (Å²) in [6, 6.07) is 4.56. The molecule has 0 unspecified atom stereocenters. The van der Waals surface area contributed by atoms with Crippen LogP contribution in [-0.2, 0) is 17.4 Å². The molecule has 0 aliphatic rings. The van der Waals surface area contributed by atoms with Crippen LogP contribution in [0.5, 0.6) is 0 Å². The number of carbonyl (C=O) groups is 1. The van der Waals surface area contributed by atoms with Gasteiger partial charge < -0.3 is 4.90 Å². The van der Waals surface area contributed by atoms with Crippen molar-refractivity contribution in [1.29, 1.82) is 0 Å². The van der Waals surface area contributed by atoms with E-state index in [0.717, 1.165) is 12.1 Å². The Labute approximate surface area is 110 Å². The minimum atomic E-state index is -4.36. The molecule has 0 heterocycles. The second kappa shape index (κ2) is 6.28. The first-order valence-corrected chi connectivity index (χ1v) is 5.75. The van der Waals surface area contributed by atoms with Gasteiger partial charge in [-0.25, -0.2) is 0 Å². The molecule has 0 radical (unpaired) electrons. The first-order valence-electron chi connectivity index (χ1n) is 5.75. The van der Waals surface area contributed by atoms with Crippen LogP contribution in [0.3, 0.4) is 0 Å². The van der Waals surface area contributed by atoms with Crippen molar-refractivity contribution in [3.63, 3.8) is 0 Å². The maximum atomic E-state index is 12.4. The summed E-state index contributed by atoms with van der Waals surface area (Å²) < 4.78 is 37.1. The zero-order chi connectivity index (χ0) is 14.5. The lowest BCUT2D eigenvalue weighted by molar-refractivity contribution is -0.137. The first-order chi connectivity index (χ1) is 8.88. The minimum absolute atomic E-state index is 0.0493. The lowest BCUT2D eigenvalue weighted by Gasteiger charge is -2.18. The standard InChI is InChI=1S/C14H14F3NO/c1-3-9-18(4-2)13(19)10-11-5-7-12(8-6-11)14(15,16)17/h1,5-8H,4,9-10H2,2H3. The Bertz CT molecular complexity index is 471. The van der Waals surface area contributed by atoms with Gasteiger partial charge in [0, 0.05) is 6.54 Å². The van der Waals surface area contributed by atoms with Crippen molar-refractivity contribution in [2.75, 3.05) is 13.1 Å². The van der Waals surface area contributed by atoms with Crippen molar-refractivity contribution >= 4 is 5.91 Å². The van der Waals surface area contributed by atoms with E-state index in [2.05, 4.69) is 5.92 Å². The van der Waals surface area contributed by atoms with Gasteiger partial charge in [0.15, 0.2) is 0 Å². The maximum absolute atomic E-state index is 12.4. The number of rotatable bonds is 4. The van der Waals surface area contributed by atoms with Gasteiger partial charge in [0.05, 0.1) is 18.5 Å². The molecule has 0 saturated carbocycles. The molecule has 5 heteroatoms. The predicted molar refractivity (Wildman–Crippen MR) is 66.2 cm³/mol. The van der Waals surface area contributed by atoms with Crippen LogP contribution in [0, 0.1) is 12.3 Å². The van der Waals surface area contributed by atoms with E-state index >= 15 is 0 Å². The number of halogens is 3. The smallest absolute Gasteiger partial charge is 0.332 e. The predicted octanol–water partition coefficient (Wildman–Crippen LogP) is 2.73. The van der Waals surface area contributed by atoms with Gasteiger partial charge in [-0.1, -0.05) is 18.1 Å². The molecule has 2 nitrogen and oxygen atoms in total. The first kappa shape index (κ1) is 15.1. The van der Waals surface area contributed by atoms with Crippen LogP contribution >= 0.6 is 0 Å². The molecule has 1 aromatic carbocycles. The van der Waals surface area contributed by atoms with Crippen molar-refractivity contribution in [3.8, 4) is 12.3 Å². The van der Waals surface area contributed by atoms with Crippen LogP contribution in [0.2, 0.25) is 0 Å². The molecule has 0 aliphatic heterocycles. The molecular weight excluding hydrogens is 255 g/mol. The zero-order valence-electron chi connectivity index (χ0n) is 10.5. The lowest BCUT2D eigenvalue weighted by Crippen LogP contribution is -2.32. The molecule has 0 saturated heterocycles. The van der Waals surface area contributed by atoms with Crippen molar-refractivity contribution in [1.82, 2.24) is 4.90 Å². The molecule has 0 aliphatic carbocycles. The van der Waals surface area contributed by atoms with Gasteiger partial charge in [-0.05, 0) is 24.6 Å². The number of alkyl halides is 3. The zero-order valence-corrected chi connectivity index (χ0v) is 10.5. The number of carbonyl (C=O) groups excluding carboxylic acids is 1. The Hall–Kier alpha value is -1.96. The van der Waals surface area contributed by atoms with Crippen LogP contribution < -0.4 is 0 Å². The lowest BCUT2D eigenvalue weighted by atomic mass is 10.1. The highest BCUT2D eigenvalue weighted by molar-refractivity contribution is 5.79. The highest BCUT2D eigenvalue weighted by Gasteiger charge is 2.30. The molecule has 102 valence electrons. The third-order valence-corrected chi connectivity index (χ3v) is 2.65. The van der Waals surface area contributed by atoms with Crippen molar-refractivity contribution in [3.05, 3.63) is 35.4 Å². The van der Waals surface area contributed by atoms with E-state index in [1.54, 1.807) is 6.92 Å². The molecule has 0 spiro atoms. The number of nitrogens with zero attached hydrogens (tertiary/aromatic N) is 1. The summed E-state index contributed by atoms with van der Waals surface area (Å²) in [4.78, 5) is 13.3. The van der Waals surface area contributed by atoms with Gasteiger partial charge in [0.2, 0.25) is 5.91 Å². The van der Waals surface area contributed by atoms with E-state index in [1.807, 2.05) is 0 Å². The van der Waals surface area contributed by atoms with Gasteiger partial charge in [-0.15, -0.1) is 6.42 Å². The molecule has 1 rings (SSSR count). The maximum Gasteiger partial charge on any atom is 0.416 e. The van der Waals surface area contributed by atoms with Gasteiger partial charge >= 0.3 is 6.18 Å². The van der Waals surface area contributed by atoms with Crippen LogP contribution in [0.1, 0.15) is 18.1 Å². The SMILES string of the molecule is C#CCN(CC)C(=O)Cc1ccc(C(F)(F)F)cc1. The molecule has 0 bridgehead atoms. The second-order valence-electron chi connectivity index (χ2n) is 3.98. The van der Waals surface area contributed by atoms with E-state index in [-0.39, 0.29) is 18.9 Å². The summed E-state index contributed by atoms with van der Waals surface area (Å²) in [6.07, 6.45) is 0.825. The Morgan fingerprint density at radius 2 is 1.89 bits per heavy atom. The van der Waals surface area contributed by atoms with Crippen LogP contribution in [-0.4, -0.2) is 23.9 Å². The number of amides is 1. The Morgan fingerprint density at radius 1 is 1.32 bits per heavy atom. The molecule has 0 fully saturated rings. The van der Waals surface area contributed by atoms with E-state index < -0.39 is 11.7 Å². The van der Waals surface area contributed by atoms with Crippen molar-refractivity contribution in [2.45, 2.75) is 19.5 Å². The van der Waals surface area contributed by atoms with Crippen LogP contribution in [0.15, 0.2) is 24.3 Å². The van der Waals surface area contributed by atoms with Gasteiger partial charge in [0.1, 0.15) is 0 Å². The van der Waals surface area contributed by atoms with E-state index in [9.17, 15) is 18.0 Å². The fraction of sp³-hybridized carbons (Fsp3) is 0.357. The quantitative estimate of drug-likeness (QED) is 0.770. The topological polar surface area (TPSA) is 20.3 Å². The Balaban J connectivity index is 2.73.